The number of anilines is 2. The van der Waals surface area contributed by atoms with E-state index < -0.39 is 0 Å². The van der Waals surface area contributed by atoms with Crippen LogP contribution in [0.15, 0.2) is 24.3 Å². The van der Waals surface area contributed by atoms with Crippen LogP contribution in [-0.2, 0) is 4.79 Å². The molecule has 1 aliphatic heterocycles. The zero-order chi connectivity index (χ0) is 19.8. The summed E-state index contributed by atoms with van der Waals surface area (Å²) in [6.07, 6.45) is 1.95. The summed E-state index contributed by atoms with van der Waals surface area (Å²) in [5, 5.41) is 4.06. The van der Waals surface area contributed by atoms with Gasteiger partial charge in [0.2, 0.25) is 5.91 Å². The number of piperidine rings is 1. The largest absolute Gasteiger partial charge is 0.372 e. The van der Waals surface area contributed by atoms with E-state index in [9.17, 15) is 4.79 Å². The van der Waals surface area contributed by atoms with Crippen molar-refractivity contribution in [2.24, 2.45) is 5.92 Å². The maximum Gasteiger partial charge on any atom is 0.227 e. The van der Waals surface area contributed by atoms with Gasteiger partial charge in [-0.05, 0) is 77.0 Å². The Morgan fingerprint density at radius 3 is 2.30 bits per heavy atom. The molecule has 0 saturated carbocycles. The Bertz CT molecular complexity index is 611. The van der Waals surface area contributed by atoms with Crippen LogP contribution < -0.4 is 10.2 Å². The van der Waals surface area contributed by atoms with Gasteiger partial charge in [0.25, 0.3) is 0 Å². The number of hydrogen-bond donors (Lipinski definition) is 1. The molecule has 5 nitrogen and oxygen atoms in total. The van der Waals surface area contributed by atoms with Crippen LogP contribution in [-0.4, -0.2) is 60.1 Å². The fourth-order valence-electron chi connectivity index (χ4n) is 3.70. The highest BCUT2D eigenvalue weighted by Crippen LogP contribution is 2.21. The van der Waals surface area contributed by atoms with Crippen molar-refractivity contribution in [1.29, 1.82) is 0 Å². The van der Waals surface area contributed by atoms with Gasteiger partial charge in [-0.2, -0.15) is 0 Å². The molecule has 1 aromatic carbocycles. The van der Waals surface area contributed by atoms with E-state index in [1.165, 1.54) is 5.69 Å². The monoisotopic (exact) mass is 390 g/mol. The highest BCUT2D eigenvalue weighted by Gasteiger charge is 2.29. The number of benzene rings is 1. The number of amides is 1. The molecule has 0 bridgehead atoms. The minimum Gasteiger partial charge on any atom is -0.372 e. The second kappa shape index (κ2) is 10.5. The lowest BCUT2D eigenvalue weighted by atomic mass is 9.96. The zero-order valence-corrected chi connectivity index (χ0v) is 18.0. The number of carbonyl (C=O) groups is 1. The third-order valence-corrected chi connectivity index (χ3v) is 5.74. The molecule has 150 valence electrons. The summed E-state index contributed by atoms with van der Waals surface area (Å²) in [7, 11) is 0. The van der Waals surface area contributed by atoms with Crippen molar-refractivity contribution < 1.29 is 4.79 Å². The van der Waals surface area contributed by atoms with Gasteiger partial charge >= 0.3 is 0 Å². The Morgan fingerprint density at radius 2 is 1.74 bits per heavy atom. The van der Waals surface area contributed by atoms with E-state index in [1.807, 2.05) is 18.7 Å². The molecule has 1 heterocycles. The fourth-order valence-corrected chi connectivity index (χ4v) is 3.99. The number of nitrogens with zero attached hydrogens (tertiary/aromatic N) is 3. The molecule has 1 N–H and O–H groups in total. The average Bonchev–Trinajstić information content (AvgIpc) is 2.71. The molecule has 0 radical (unpaired) electrons. The molecule has 1 atom stereocenters. The van der Waals surface area contributed by atoms with Gasteiger partial charge in [-0.1, -0.05) is 0 Å². The predicted octanol–water partition coefficient (Wildman–Crippen LogP) is 3.81. The van der Waals surface area contributed by atoms with Crippen molar-refractivity contribution in [1.82, 2.24) is 9.80 Å². The summed E-state index contributed by atoms with van der Waals surface area (Å²) in [5.74, 6) is 0.305. The van der Waals surface area contributed by atoms with Gasteiger partial charge in [0.05, 0.1) is 5.92 Å². The second-order valence-corrected chi connectivity index (χ2v) is 7.33. The zero-order valence-electron chi connectivity index (χ0n) is 17.2. The number of thiocarbonyl (C=S) groups is 1. The third-order valence-electron chi connectivity index (χ3n) is 5.38. The summed E-state index contributed by atoms with van der Waals surface area (Å²) in [6.45, 7) is 13.6. The summed E-state index contributed by atoms with van der Waals surface area (Å²) in [4.78, 5) is 19.1. The number of nitrogens with one attached hydrogen (secondary N) is 1. The van der Waals surface area contributed by atoms with Gasteiger partial charge in [-0.25, -0.2) is 0 Å². The molecule has 1 unspecified atom stereocenters. The Labute approximate surface area is 169 Å². The molecular formula is C21H34N4OS. The van der Waals surface area contributed by atoms with Gasteiger partial charge in [-0.15, -0.1) is 0 Å². The fraction of sp³-hybridized carbons (Fsp3) is 0.619. The van der Waals surface area contributed by atoms with Crippen molar-refractivity contribution in [3.63, 3.8) is 0 Å². The Morgan fingerprint density at radius 1 is 1.11 bits per heavy atom. The van der Waals surface area contributed by atoms with Gasteiger partial charge in [0, 0.05) is 50.6 Å². The lowest BCUT2D eigenvalue weighted by molar-refractivity contribution is -0.136. The van der Waals surface area contributed by atoms with E-state index in [-0.39, 0.29) is 11.8 Å². The van der Waals surface area contributed by atoms with Crippen LogP contribution in [0.25, 0.3) is 0 Å². The average molecular weight is 391 g/mol. The predicted molar refractivity (Wildman–Crippen MR) is 118 cm³/mol. The van der Waals surface area contributed by atoms with Crippen LogP contribution in [0.2, 0.25) is 0 Å². The van der Waals surface area contributed by atoms with Gasteiger partial charge in [0.15, 0.2) is 5.11 Å². The molecule has 0 spiro atoms. The van der Waals surface area contributed by atoms with Crippen LogP contribution >= 0.6 is 12.2 Å². The molecule has 1 saturated heterocycles. The van der Waals surface area contributed by atoms with Crippen LogP contribution in [0.4, 0.5) is 11.4 Å². The molecule has 0 aromatic heterocycles. The maximum absolute atomic E-state index is 12.7. The molecule has 0 aliphatic carbocycles. The van der Waals surface area contributed by atoms with E-state index >= 15 is 0 Å². The summed E-state index contributed by atoms with van der Waals surface area (Å²) < 4.78 is 0. The molecule has 27 heavy (non-hydrogen) atoms. The minimum atomic E-state index is 0.0449. The number of likely N-dealkylation sites (tertiary alicyclic amines) is 1. The second-order valence-electron chi connectivity index (χ2n) is 6.95. The van der Waals surface area contributed by atoms with Crippen LogP contribution in [0.5, 0.6) is 0 Å². The summed E-state index contributed by atoms with van der Waals surface area (Å²) in [5.41, 5.74) is 2.22. The van der Waals surface area contributed by atoms with Crippen molar-refractivity contribution >= 4 is 34.6 Å². The number of carbonyl (C=O) groups excluding carboxylic acids is 1. The number of hydrogen-bond acceptors (Lipinski definition) is 3. The molecule has 1 amide bonds. The topological polar surface area (TPSA) is 38.8 Å². The summed E-state index contributed by atoms with van der Waals surface area (Å²) >= 11 is 5.63. The molecule has 1 aliphatic rings. The van der Waals surface area contributed by atoms with Crippen molar-refractivity contribution in [2.45, 2.75) is 40.5 Å². The number of rotatable bonds is 7. The van der Waals surface area contributed by atoms with E-state index in [0.29, 0.717) is 11.7 Å². The first-order chi connectivity index (χ1) is 13.0. The Hall–Kier alpha value is -1.82. The molecule has 1 fully saturated rings. The summed E-state index contributed by atoms with van der Waals surface area (Å²) in [6, 6.07) is 8.40. The van der Waals surface area contributed by atoms with E-state index in [2.05, 4.69) is 53.2 Å². The van der Waals surface area contributed by atoms with Crippen LogP contribution in [0, 0.1) is 5.92 Å². The van der Waals surface area contributed by atoms with Crippen LogP contribution in [0.3, 0.4) is 0 Å². The first-order valence-corrected chi connectivity index (χ1v) is 10.6. The smallest absolute Gasteiger partial charge is 0.227 e. The lowest BCUT2D eigenvalue weighted by Crippen LogP contribution is -2.47. The van der Waals surface area contributed by atoms with Gasteiger partial charge in [0.1, 0.15) is 0 Å². The highest BCUT2D eigenvalue weighted by molar-refractivity contribution is 7.80. The normalized spacial score (nSPS) is 16.7. The van der Waals surface area contributed by atoms with Gasteiger partial charge in [-0.3, -0.25) is 4.79 Å². The SMILES string of the molecule is CCN(CC)C(=O)C1CCCN(C(=S)Nc2ccc(N(CC)CC)cc2)C1. The minimum absolute atomic E-state index is 0.0449. The highest BCUT2D eigenvalue weighted by atomic mass is 32.1. The van der Waals surface area contributed by atoms with E-state index in [0.717, 1.165) is 51.3 Å². The van der Waals surface area contributed by atoms with Gasteiger partial charge < -0.3 is 20.0 Å². The maximum atomic E-state index is 12.7. The first kappa shape index (κ1) is 21.5. The Kier molecular flexibility index (Phi) is 8.35. The van der Waals surface area contributed by atoms with Crippen molar-refractivity contribution in [3.8, 4) is 0 Å². The third kappa shape index (κ3) is 5.58. The molecule has 6 heteroatoms. The quantitative estimate of drug-likeness (QED) is 0.717. The first-order valence-electron chi connectivity index (χ1n) is 10.2. The molecule has 1 aromatic rings. The van der Waals surface area contributed by atoms with Crippen molar-refractivity contribution in [2.75, 3.05) is 49.5 Å². The standard InChI is InChI=1S/C21H34N4OS/c1-5-23(6-2)19-13-11-18(12-14-19)22-21(27)25-15-9-10-17(16-25)20(26)24(7-3)8-4/h11-14,17H,5-10,15-16H2,1-4H3,(H,22,27). The molecule has 2 rings (SSSR count). The molecular weight excluding hydrogens is 356 g/mol. The van der Waals surface area contributed by atoms with Crippen molar-refractivity contribution in [3.05, 3.63) is 24.3 Å². The van der Waals surface area contributed by atoms with E-state index in [1.54, 1.807) is 0 Å². The Balaban J connectivity index is 1.96. The lowest BCUT2D eigenvalue weighted by Gasteiger charge is -2.36. The van der Waals surface area contributed by atoms with Crippen LogP contribution in [0.1, 0.15) is 40.5 Å². The van der Waals surface area contributed by atoms with E-state index in [4.69, 9.17) is 12.2 Å².